The first-order valence-corrected chi connectivity index (χ1v) is 6.28. The van der Waals surface area contributed by atoms with Crippen molar-refractivity contribution in [1.82, 2.24) is 4.98 Å². The van der Waals surface area contributed by atoms with Crippen molar-refractivity contribution in [1.29, 1.82) is 0 Å². The summed E-state index contributed by atoms with van der Waals surface area (Å²) in [6, 6.07) is 11.2. The molecule has 17 heavy (non-hydrogen) atoms. The summed E-state index contributed by atoms with van der Waals surface area (Å²) in [6.45, 7) is 0. The van der Waals surface area contributed by atoms with Gasteiger partial charge in [-0.25, -0.2) is 0 Å². The van der Waals surface area contributed by atoms with Gasteiger partial charge in [-0.2, -0.15) is 0 Å². The molecule has 2 aromatic rings. The molecule has 4 heteroatoms. The largest absolute Gasteiger partial charge is 0.322 e. The summed E-state index contributed by atoms with van der Waals surface area (Å²) in [5, 5.41) is 3.62. The van der Waals surface area contributed by atoms with Crippen molar-refractivity contribution in [3.8, 4) is 0 Å². The van der Waals surface area contributed by atoms with E-state index >= 15 is 0 Å². The lowest BCUT2D eigenvalue weighted by Gasteiger charge is -2.05. The second-order valence-corrected chi connectivity index (χ2v) is 4.09. The highest BCUT2D eigenvalue weighted by molar-refractivity contribution is 9.08. The maximum absolute atomic E-state index is 11.8. The van der Waals surface area contributed by atoms with Crippen molar-refractivity contribution in [2.24, 2.45) is 0 Å². The van der Waals surface area contributed by atoms with Crippen LogP contribution in [0.2, 0.25) is 0 Å². The first kappa shape index (κ1) is 11.8. The summed E-state index contributed by atoms with van der Waals surface area (Å²) in [7, 11) is 0. The zero-order valence-electron chi connectivity index (χ0n) is 9.06. The highest BCUT2D eigenvalue weighted by Crippen LogP contribution is 2.12. The Labute approximate surface area is 108 Å². The van der Waals surface area contributed by atoms with Gasteiger partial charge < -0.3 is 5.32 Å². The van der Waals surface area contributed by atoms with Gasteiger partial charge in [-0.15, -0.1) is 0 Å². The van der Waals surface area contributed by atoms with Gasteiger partial charge in [0.25, 0.3) is 5.91 Å². The second-order valence-electron chi connectivity index (χ2n) is 3.53. The van der Waals surface area contributed by atoms with Gasteiger partial charge in [-0.1, -0.05) is 28.1 Å². The highest BCUT2D eigenvalue weighted by atomic mass is 79.9. The van der Waals surface area contributed by atoms with Gasteiger partial charge in [-0.05, 0) is 29.8 Å². The first-order valence-electron chi connectivity index (χ1n) is 5.16. The van der Waals surface area contributed by atoms with Gasteiger partial charge >= 0.3 is 0 Å². The SMILES string of the molecule is O=C(Nc1ccc(CBr)cc1)c1cccnc1. The van der Waals surface area contributed by atoms with Gasteiger partial charge in [0.2, 0.25) is 0 Å². The van der Waals surface area contributed by atoms with Crippen molar-refractivity contribution in [2.45, 2.75) is 5.33 Å². The van der Waals surface area contributed by atoms with Crippen LogP contribution in [0.5, 0.6) is 0 Å². The molecule has 0 bridgehead atoms. The van der Waals surface area contributed by atoms with E-state index in [0.717, 1.165) is 11.0 Å². The molecule has 0 spiro atoms. The standard InChI is InChI=1S/C13H11BrN2O/c14-8-10-3-5-12(6-4-10)16-13(17)11-2-1-7-15-9-11/h1-7,9H,8H2,(H,16,17). The quantitative estimate of drug-likeness (QED) is 0.882. The number of nitrogens with zero attached hydrogens (tertiary/aromatic N) is 1. The van der Waals surface area contributed by atoms with Crippen LogP contribution in [0.25, 0.3) is 0 Å². The number of carbonyl (C=O) groups is 1. The van der Waals surface area contributed by atoms with E-state index in [-0.39, 0.29) is 5.91 Å². The molecule has 0 aliphatic carbocycles. The third kappa shape index (κ3) is 3.14. The number of pyridine rings is 1. The predicted molar refractivity (Wildman–Crippen MR) is 71.3 cm³/mol. The lowest BCUT2D eigenvalue weighted by molar-refractivity contribution is 0.102. The van der Waals surface area contributed by atoms with Crippen LogP contribution in [0.4, 0.5) is 5.69 Å². The Balaban J connectivity index is 2.08. The van der Waals surface area contributed by atoms with Gasteiger partial charge in [-0.3, -0.25) is 9.78 Å². The first-order chi connectivity index (χ1) is 8.29. The topological polar surface area (TPSA) is 42.0 Å². The lowest BCUT2D eigenvalue weighted by Crippen LogP contribution is -2.11. The summed E-state index contributed by atoms with van der Waals surface area (Å²) in [4.78, 5) is 15.7. The summed E-state index contributed by atoms with van der Waals surface area (Å²) in [5.41, 5.74) is 2.50. The fourth-order valence-electron chi connectivity index (χ4n) is 1.38. The molecule has 1 N–H and O–H groups in total. The Morgan fingerprint density at radius 2 is 2.00 bits per heavy atom. The van der Waals surface area contributed by atoms with Crippen molar-refractivity contribution in [3.63, 3.8) is 0 Å². The number of hydrogen-bond acceptors (Lipinski definition) is 2. The Morgan fingerprint density at radius 1 is 1.24 bits per heavy atom. The summed E-state index contributed by atoms with van der Waals surface area (Å²) < 4.78 is 0. The summed E-state index contributed by atoms with van der Waals surface area (Å²) in [5.74, 6) is -0.148. The molecule has 0 radical (unpaired) electrons. The minimum atomic E-state index is -0.148. The normalized spacial score (nSPS) is 9.94. The van der Waals surface area contributed by atoms with E-state index in [9.17, 15) is 4.79 Å². The molecule has 0 unspecified atom stereocenters. The fourth-order valence-corrected chi connectivity index (χ4v) is 1.75. The van der Waals surface area contributed by atoms with Crippen LogP contribution in [0.15, 0.2) is 48.8 Å². The number of aromatic nitrogens is 1. The van der Waals surface area contributed by atoms with Gasteiger partial charge in [0.15, 0.2) is 0 Å². The number of alkyl halides is 1. The third-order valence-electron chi connectivity index (χ3n) is 2.29. The number of nitrogens with one attached hydrogen (secondary N) is 1. The number of amides is 1. The number of carbonyl (C=O) groups excluding carboxylic acids is 1. The summed E-state index contributed by atoms with van der Waals surface area (Å²) in [6.07, 6.45) is 3.18. The number of anilines is 1. The molecule has 0 atom stereocenters. The smallest absolute Gasteiger partial charge is 0.257 e. The molecule has 0 fully saturated rings. The van der Waals surface area contributed by atoms with Crippen molar-refractivity contribution >= 4 is 27.5 Å². The van der Waals surface area contributed by atoms with Crippen LogP contribution in [-0.4, -0.2) is 10.9 Å². The lowest BCUT2D eigenvalue weighted by atomic mass is 10.2. The molecule has 0 aliphatic rings. The van der Waals surface area contributed by atoms with Gasteiger partial charge in [0, 0.05) is 23.4 Å². The van der Waals surface area contributed by atoms with Crippen LogP contribution in [0.1, 0.15) is 15.9 Å². The number of rotatable bonds is 3. The minimum Gasteiger partial charge on any atom is -0.322 e. The van der Waals surface area contributed by atoms with Crippen molar-refractivity contribution in [3.05, 3.63) is 59.9 Å². The fraction of sp³-hybridized carbons (Fsp3) is 0.0769. The molecule has 86 valence electrons. The van der Waals surface area contributed by atoms with Crippen LogP contribution in [0, 0.1) is 0 Å². The van der Waals surface area contributed by atoms with E-state index in [0.29, 0.717) is 5.56 Å². The highest BCUT2D eigenvalue weighted by Gasteiger charge is 2.05. The monoisotopic (exact) mass is 290 g/mol. The molecule has 1 aromatic carbocycles. The molecule has 0 saturated heterocycles. The van der Waals surface area contributed by atoms with E-state index in [1.54, 1.807) is 24.5 Å². The maximum Gasteiger partial charge on any atom is 0.257 e. The molecule has 3 nitrogen and oxygen atoms in total. The zero-order valence-corrected chi connectivity index (χ0v) is 10.6. The molecular formula is C13H11BrN2O. The third-order valence-corrected chi connectivity index (χ3v) is 2.94. The maximum atomic E-state index is 11.8. The average Bonchev–Trinajstić information content (AvgIpc) is 2.40. The van der Waals surface area contributed by atoms with E-state index in [1.807, 2.05) is 24.3 Å². The van der Waals surface area contributed by atoms with Gasteiger partial charge in [0.1, 0.15) is 0 Å². The van der Waals surface area contributed by atoms with E-state index in [4.69, 9.17) is 0 Å². The van der Waals surface area contributed by atoms with Crippen LogP contribution < -0.4 is 5.32 Å². The molecule has 1 heterocycles. The predicted octanol–water partition coefficient (Wildman–Crippen LogP) is 3.23. The van der Waals surface area contributed by atoms with Crippen molar-refractivity contribution in [2.75, 3.05) is 5.32 Å². The summed E-state index contributed by atoms with van der Waals surface area (Å²) >= 11 is 3.37. The Morgan fingerprint density at radius 3 is 2.59 bits per heavy atom. The minimum absolute atomic E-state index is 0.148. The molecule has 0 saturated carbocycles. The average molecular weight is 291 g/mol. The van der Waals surface area contributed by atoms with Crippen LogP contribution in [-0.2, 0) is 5.33 Å². The molecule has 2 rings (SSSR count). The second kappa shape index (κ2) is 5.59. The van der Waals surface area contributed by atoms with Gasteiger partial charge in [0.05, 0.1) is 5.56 Å². The van der Waals surface area contributed by atoms with E-state index in [1.165, 1.54) is 5.56 Å². The Hall–Kier alpha value is -1.68. The Bertz CT molecular complexity index is 497. The van der Waals surface area contributed by atoms with Crippen LogP contribution in [0.3, 0.4) is 0 Å². The van der Waals surface area contributed by atoms with E-state index < -0.39 is 0 Å². The molecule has 0 aliphatic heterocycles. The van der Waals surface area contributed by atoms with Crippen molar-refractivity contribution < 1.29 is 4.79 Å². The zero-order chi connectivity index (χ0) is 12.1. The number of benzene rings is 1. The van der Waals surface area contributed by atoms with Crippen LogP contribution >= 0.6 is 15.9 Å². The number of halogens is 1. The Kier molecular flexibility index (Phi) is 3.88. The van der Waals surface area contributed by atoms with E-state index in [2.05, 4.69) is 26.2 Å². The molecule has 1 aromatic heterocycles. The molecule has 1 amide bonds. The number of hydrogen-bond donors (Lipinski definition) is 1. The molecular weight excluding hydrogens is 280 g/mol.